The summed E-state index contributed by atoms with van der Waals surface area (Å²) in [6, 6.07) is 7.17. The topological polar surface area (TPSA) is 133 Å². The molecule has 1 saturated heterocycles. The van der Waals surface area contributed by atoms with Gasteiger partial charge in [-0.1, -0.05) is 32.6 Å². The van der Waals surface area contributed by atoms with Gasteiger partial charge in [-0.15, -0.1) is 0 Å². The minimum absolute atomic E-state index is 0. The smallest absolute Gasteiger partial charge is 0.314 e. The molecule has 3 N–H and O–H groups in total. The van der Waals surface area contributed by atoms with E-state index < -0.39 is 19.9 Å². The Balaban J connectivity index is 0.00000423. The predicted molar refractivity (Wildman–Crippen MR) is 168 cm³/mol. The van der Waals surface area contributed by atoms with Gasteiger partial charge in [-0.3, -0.25) is 14.3 Å². The fourth-order valence-electron chi connectivity index (χ4n) is 5.41. The first-order valence-electron chi connectivity index (χ1n) is 14.7. The maximum atomic E-state index is 13.7. The van der Waals surface area contributed by atoms with Gasteiger partial charge < -0.3 is 20.7 Å². The molecule has 2 atom stereocenters. The van der Waals surface area contributed by atoms with Crippen molar-refractivity contribution in [1.82, 2.24) is 29.4 Å². The van der Waals surface area contributed by atoms with Crippen LogP contribution in [0.5, 0.6) is 0 Å². The van der Waals surface area contributed by atoms with Gasteiger partial charge in [-0.2, -0.15) is 10.2 Å². The quantitative estimate of drug-likeness (QED) is 0.152. The van der Waals surface area contributed by atoms with Crippen LogP contribution in [0, 0.1) is 5.92 Å². The van der Waals surface area contributed by atoms with Gasteiger partial charge in [-0.25, -0.2) is 9.67 Å². The number of pyridine rings is 1. The van der Waals surface area contributed by atoms with Crippen molar-refractivity contribution in [2.75, 3.05) is 24.2 Å². The molecular weight excluding hydrogens is 612 g/mol. The number of carbonyl (C=O) groups is 2. The Bertz CT molecular complexity index is 1610. The van der Waals surface area contributed by atoms with Crippen molar-refractivity contribution >= 4 is 53.2 Å². The summed E-state index contributed by atoms with van der Waals surface area (Å²) < 4.78 is 9.50. The number of fused-ring (bicyclic) bond motifs is 2. The molecule has 11 nitrogen and oxygen atoms in total. The average Bonchev–Trinajstić information content (AvgIpc) is 3.56. The van der Waals surface area contributed by atoms with E-state index in [2.05, 4.69) is 67.0 Å². The number of rotatable bonds is 8. The van der Waals surface area contributed by atoms with Gasteiger partial charge in [0.25, 0.3) is 0 Å². The number of hydrogen-bond acceptors (Lipinski definition) is 7. The van der Waals surface area contributed by atoms with Gasteiger partial charge in [0.1, 0.15) is 12.5 Å². The average molecular weight is 654 g/mol. The van der Waals surface area contributed by atoms with E-state index >= 15 is 0 Å². The Labute approximate surface area is 264 Å². The van der Waals surface area contributed by atoms with Crippen LogP contribution in [0.2, 0.25) is 25.7 Å². The molecule has 13 heteroatoms. The fourth-order valence-corrected chi connectivity index (χ4v) is 6.16. The standard InChI is InChI=1S/C30H42N8O3Si.Cu/c1-19(2)37-17-22-13-21(8-9-24(22)35-37)26-10-7-20(3)16-36(26)30(40)29(39)34-25-15-32-28(31)23-14-33-38(27(23)25)18-41-11-12-42(4,5)6;/h8-9,13-15,17,19-20,26H,7,10-12,16,18H2,1-6H3,(H2,31,32)(H,34,39);. The van der Waals surface area contributed by atoms with E-state index in [-0.39, 0.29) is 41.8 Å². The molecule has 1 aliphatic heterocycles. The third-order valence-electron chi connectivity index (χ3n) is 7.89. The second-order valence-electron chi connectivity index (χ2n) is 12.9. The van der Waals surface area contributed by atoms with E-state index in [4.69, 9.17) is 10.5 Å². The minimum Gasteiger partial charge on any atom is -0.383 e. The van der Waals surface area contributed by atoms with Gasteiger partial charge in [-0.05, 0) is 56.3 Å². The van der Waals surface area contributed by atoms with Gasteiger partial charge in [0.2, 0.25) is 0 Å². The maximum absolute atomic E-state index is 13.7. The van der Waals surface area contributed by atoms with Crippen molar-refractivity contribution in [3.05, 3.63) is 42.4 Å². The molecule has 0 spiro atoms. The summed E-state index contributed by atoms with van der Waals surface area (Å²) in [6.45, 7) is 14.5. The monoisotopic (exact) mass is 653 g/mol. The Kier molecular flexibility index (Phi) is 10.0. The number of nitrogens with two attached hydrogens (primary N) is 1. The van der Waals surface area contributed by atoms with Crippen molar-refractivity contribution < 1.29 is 31.4 Å². The third-order valence-corrected chi connectivity index (χ3v) is 9.60. The molecule has 2 amide bonds. The summed E-state index contributed by atoms with van der Waals surface area (Å²) in [5.41, 5.74) is 8.98. The molecule has 235 valence electrons. The second-order valence-corrected chi connectivity index (χ2v) is 18.6. The number of nitrogen functional groups attached to an aromatic ring is 1. The van der Waals surface area contributed by atoms with Crippen LogP contribution in [0.4, 0.5) is 11.5 Å². The minimum atomic E-state index is -1.24. The Hall–Kier alpha value is -3.25. The fraction of sp³-hybridized carbons (Fsp3) is 0.500. The Morgan fingerprint density at radius 3 is 2.67 bits per heavy atom. The van der Waals surface area contributed by atoms with Gasteiger partial charge in [0.05, 0.1) is 40.5 Å². The summed E-state index contributed by atoms with van der Waals surface area (Å²) in [5, 5.41) is 13.5. The van der Waals surface area contributed by atoms with Crippen LogP contribution in [-0.2, 0) is 38.1 Å². The number of nitrogens with one attached hydrogen (secondary N) is 1. The molecule has 0 bridgehead atoms. The zero-order chi connectivity index (χ0) is 30.2. The van der Waals surface area contributed by atoms with E-state index in [9.17, 15) is 9.59 Å². The Morgan fingerprint density at radius 1 is 1.19 bits per heavy atom. The molecule has 3 aromatic heterocycles. The van der Waals surface area contributed by atoms with Crippen molar-refractivity contribution in [1.29, 1.82) is 0 Å². The van der Waals surface area contributed by atoms with Crippen LogP contribution in [-0.4, -0.2) is 62.5 Å². The zero-order valence-corrected chi connectivity index (χ0v) is 27.7. The number of likely N-dealkylation sites (tertiary alicyclic amines) is 1. The van der Waals surface area contributed by atoms with Gasteiger partial charge in [0.15, 0.2) is 0 Å². The van der Waals surface area contributed by atoms with Crippen LogP contribution >= 0.6 is 0 Å². The number of anilines is 2. The summed E-state index contributed by atoms with van der Waals surface area (Å²) in [6.07, 6.45) is 6.86. The SMILES string of the molecule is CC1CCC(c2ccc3nn(C(C)C)cc3c2)N(C(=O)C(=O)Nc2cnc(N)c3cnn(COCC[Si](C)(C)C)c23)C1.[Cu]. The van der Waals surface area contributed by atoms with E-state index in [0.717, 1.165) is 35.4 Å². The van der Waals surface area contributed by atoms with Gasteiger partial charge >= 0.3 is 11.8 Å². The summed E-state index contributed by atoms with van der Waals surface area (Å²) in [7, 11) is -1.24. The van der Waals surface area contributed by atoms with Crippen molar-refractivity contribution in [2.24, 2.45) is 5.92 Å². The molecule has 43 heavy (non-hydrogen) atoms. The van der Waals surface area contributed by atoms with Crippen LogP contribution in [0.3, 0.4) is 0 Å². The number of hydrogen-bond donors (Lipinski definition) is 2. The number of nitrogens with zero attached hydrogens (tertiary/aromatic N) is 6. The second kappa shape index (κ2) is 13.2. The summed E-state index contributed by atoms with van der Waals surface area (Å²) in [5.74, 6) is -0.719. The number of piperidine rings is 1. The largest absolute Gasteiger partial charge is 0.383 e. The summed E-state index contributed by atoms with van der Waals surface area (Å²) >= 11 is 0. The number of aromatic nitrogens is 5. The van der Waals surface area contributed by atoms with E-state index in [1.807, 2.05) is 23.0 Å². The predicted octanol–water partition coefficient (Wildman–Crippen LogP) is 5.19. The summed E-state index contributed by atoms with van der Waals surface area (Å²) in [4.78, 5) is 33.2. The molecule has 4 aromatic rings. The normalized spacial score (nSPS) is 17.4. The van der Waals surface area contributed by atoms with E-state index in [1.165, 1.54) is 6.20 Å². The number of benzene rings is 1. The molecule has 1 radical (unpaired) electrons. The molecule has 4 heterocycles. The van der Waals surface area contributed by atoms with E-state index in [0.29, 0.717) is 35.6 Å². The molecule has 1 aromatic carbocycles. The number of ether oxygens (including phenoxy) is 1. The maximum Gasteiger partial charge on any atom is 0.314 e. The first-order valence-corrected chi connectivity index (χ1v) is 18.4. The first-order chi connectivity index (χ1) is 19.9. The third kappa shape index (κ3) is 7.28. The van der Waals surface area contributed by atoms with Crippen LogP contribution < -0.4 is 11.1 Å². The van der Waals surface area contributed by atoms with Crippen molar-refractivity contribution in [2.45, 2.75) is 78.1 Å². The van der Waals surface area contributed by atoms with E-state index in [1.54, 1.807) is 15.8 Å². The molecule has 5 rings (SSSR count). The number of carbonyl (C=O) groups excluding carboxylic acids is 2. The molecule has 0 saturated carbocycles. The molecule has 1 fully saturated rings. The van der Waals surface area contributed by atoms with Crippen LogP contribution in [0.15, 0.2) is 36.8 Å². The molecular formula is C30H42CuN8O3Si. The van der Waals surface area contributed by atoms with Crippen LogP contribution in [0.25, 0.3) is 21.8 Å². The Morgan fingerprint density at radius 2 is 1.95 bits per heavy atom. The van der Waals surface area contributed by atoms with Gasteiger partial charge in [0, 0.05) is 55.9 Å². The molecule has 0 aliphatic carbocycles. The zero-order valence-electron chi connectivity index (χ0n) is 25.7. The van der Waals surface area contributed by atoms with Crippen molar-refractivity contribution in [3.8, 4) is 0 Å². The van der Waals surface area contributed by atoms with Crippen LogP contribution in [0.1, 0.15) is 51.3 Å². The first kappa shape index (κ1) is 32.7. The van der Waals surface area contributed by atoms with Crippen molar-refractivity contribution in [3.63, 3.8) is 0 Å². The molecule has 1 aliphatic rings. The number of amides is 2. The molecule has 2 unspecified atom stereocenters.